The summed E-state index contributed by atoms with van der Waals surface area (Å²) in [7, 11) is 1.65. The lowest BCUT2D eigenvalue weighted by molar-refractivity contribution is 0.0953. The standard InChI is InChI=1S/C17H17Cl2NO2/c1-22-14-7-4-12(5-8-14)3-2-10-20-17(21)15-9-6-13(18)11-16(15)19/h4-9,11H,2-3,10H2,1H3,(H,20,21). The van der Waals surface area contributed by atoms with Crippen molar-refractivity contribution in [3.8, 4) is 5.75 Å². The van der Waals surface area contributed by atoms with E-state index < -0.39 is 0 Å². The summed E-state index contributed by atoms with van der Waals surface area (Å²) in [6, 6.07) is 12.8. The summed E-state index contributed by atoms with van der Waals surface area (Å²) >= 11 is 11.8. The highest BCUT2D eigenvalue weighted by Gasteiger charge is 2.09. The van der Waals surface area contributed by atoms with E-state index in [1.165, 1.54) is 5.56 Å². The van der Waals surface area contributed by atoms with Gasteiger partial charge in [-0.1, -0.05) is 35.3 Å². The number of methoxy groups -OCH3 is 1. The Balaban J connectivity index is 1.79. The van der Waals surface area contributed by atoms with E-state index in [1.807, 2.05) is 24.3 Å². The van der Waals surface area contributed by atoms with Crippen molar-refractivity contribution in [1.29, 1.82) is 0 Å². The summed E-state index contributed by atoms with van der Waals surface area (Å²) in [5.74, 6) is 0.658. The van der Waals surface area contributed by atoms with Crippen molar-refractivity contribution in [2.75, 3.05) is 13.7 Å². The fourth-order valence-corrected chi connectivity index (χ4v) is 2.55. The summed E-state index contributed by atoms with van der Waals surface area (Å²) in [4.78, 5) is 12.0. The Morgan fingerprint density at radius 1 is 1.14 bits per heavy atom. The van der Waals surface area contributed by atoms with E-state index in [9.17, 15) is 4.79 Å². The second kappa shape index (κ2) is 8.06. The number of carbonyl (C=O) groups excluding carboxylic acids is 1. The Kier molecular flexibility index (Phi) is 6.10. The van der Waals surface area contributed by atoms with Crippen LogP contribution in [0.2, 0.25) is 10.0 Å². The zero-order valence-electron chi connectivity index (χ0n) is 12.2. The number of amides is 1. The van der Waals surface area contributed by atoms with Gasteiger partial charge in [-0.2, -0.15) is 0 Å². The molecule has 0 saturated carbocycles. The lowest BCUT2D eigenvalue weighted by Crippen LogP contribution is -2.25. The molecular formula is C17H17Cl2NO2. The van der Waals surface area contributed by atoms with Gasteiger partial charge in [-0.05, 0) is 48.7 Å². The molecule has 22 heavy (non-hydrogen) atoms. The molecule has 0 bridgehead atoms. The highest BCUT2D eigenvalue weighted by Crippen LogP contribution is 2.20. The van der Waals surface area contributed by atoms with Crippen LogP contribution in [0.5, 0.6) is 5.75 Å². The van der Waals surface area contributed by atoms with Gasteiger partial charge in [0, 0.05) is 11.6 Å². The first-order valence-corrected chi connectivity index (χ1v) is 7.72. The van der Waals surface area contributed by atoms with Crippen molar-refractivity contribution in [2.45, 2.75) is 12.8 Å². The fourth-order valence-electron chi connectivity index (χ4n) is 2.06. The van der Waals surface area contributed by atoms with E-state index >= 15 is 0 Å². The largest absolute Gasteiger partial charge is 0.497 e. The number of rotatable bonds is 6. The Hall–Kier alpha value is -1.71. The molecule has 3 nitrogen and oxygen atoms in total. The van der Waals surface area contributed by atoms with E-state index in [-0.39, 0.29) is 5.91 Å². The smallest absolute Gasteiger partial charge is 0.252 e. The Morgan fingerprint density at radius 2 is 1.86 bits per heavy atom. The van der Waals surface area contributed by atoms with Gasteiger partial charge in [0.2, 0.25) is 0 Å². The first-order valence-electron chi connectivity index (χ1n) is 6.96. The Bertz CT molecular complexity index is 642. The minimum Gasteiger partial charge on any atom is -0.497 e. The van der Waals surface area contributed by atoms with E-state index in [0.717, 1.165) is 18.6 Å². The molecule has 5 heteroatoms. The van der Waals surface area contributed by atoms with Gasteiger partial charge in [-0.3, -0.25) is 4.79 Å². The highest BCUT2D eigenvalue weighted by molar-refractivity contribution is 6.36. The van der Waals surface area contributed by atoms with Crippen LogP contribution in [-0.4, -0.2) is 19.6 Å². The van der Waals surface area contributed by atoms with Gasteiger partial charge in [-0.25, -0.2) is 0 Å². The monoisotopic (exact) mass is 337 g/mol. The van der Waals surface area contributed by atoms with Gasteiger partial charge in [-0.15, -0.1) is 0 Å². The molecule has 0 aliphatic carbocycles. The normalized spacial score (nSPS) is 10.3. The molecule has 1 N–H and O–H groups in total. The molecule has 2 aromatic rings. The van der Waals surface area contributed by atoms with Crippen molar-refractivity contribution in [2.24, 2.45) is 0 Å². The first-order chi connectivity index (χ1) is 10.6. The maximum absolute atomic E-state index is 12.0. The Morgan fingerprint density at radius 3 is 2.50 bits per heavy atom. The van der Waals surface area contributed by atoms with Crippen molar-refractivity contribution in [3.05, 3.63) is 63.6 Å². The van der Waals surface area contributed by atoms with Crippen LogP contribution < -0.4 is 10.1 Å². The minimum absolute atomic E-state index is 0.184. The van der Waals surface area contributed by atoms with Crippen LogP contribution in [0.4, 0.5) is 0 Å². The average Bonchev–Trinajstić information content (AvgIpc) is 2.52. The van der Waals surface area contributed by atoms with Gasteiger partial charge in [0.1, 0.15) is 5.75 Å². The highest BCUT2D eigenvalue weighted by atomic mass is 35.5. The number of halogens is 2. The molecule has 0 radical (unpaired) electrons. The number of hydrogen-bond donors (Lipinski definition) is 1. The summed E-state index contributed by atoms with van der Waals surface area (Å²) in [6.07, 6.45) is 1.74. The number of hydrogen-bond acceptors (Lipinski definition) is 2. The summed E-state index contributed by atoms with van der Waals surface area (Å²) in [5.41, 5.74) is 1.65. The molecule has 0 spiro atoms. The predicted molar refractivity (Wildman–Crippen MR) is 90.1 cm³/mol. The third-order valence-corrected chi connectivity index (χ3v) is 3.81. The zero-order valence-corrected chi connectivity index (χ0v) is 13.7. The van der Waals surface area contributed by atoms with E-state index in [1.54, 1.807) is 25.3 Å². The molecule has 2 aromatic carbocycles. The number of benzene rings is 2. The summed E-state index contributed by atoms with van der Waals surface area (Å²) in [5, 5.41) is 3.74. The van der Waals surface area contributed by atoms with Crippen molar-refractivity contribution in [3.63, 3.8) is 0 Å². The lowest BCUT2D eigenvalue weighted by Gasteiger charge is -2.07. The topological polar surface area (TPSA) is 38.3 Å². The summed E-state index contributed by atoms with van der Waals surface area (Å²) in [6.45, 7) is 0.587. The van der Waals surface area contributed by atoms with Crippen LogP contribution in [0.1, 0.15) is 22.3 Å². The third-order valence-electron chi connectivity index (χ3n) is 3.26. The third kappa shape index (κ3) is 4.65. The van der Waals surface area contributed by atoms with Crippen LogP contribution in [0.25, 0.3) is 0 Å². The first kappa shape index (κ1) is 16.7. The van der Waals surface area contributed by atoms with Crippen LogP contribution in [-0.2, 0) is 6.42 Å². The van der Waals surface area contributed by atoms with Gasteiger partial charge in [0.05, 0.1) is 17.7 Å². The second-order valence-corrected chi connectivity index (χ2v) is 5.68. The molecule has 0 unspecified atom stereocenters. The van der Waals surface area contributed by atoms with E-state index in [4.69, 9.17) is 27.9 Å². The van der Waals surface area contributed by atoms with Crippen LogP contribution in [0.15, 0.2) is 42.5 Å². The molecule has 0 fully saturated rings. The second-order valence-electron chi connectivity index (χ2n) is 4.83. The van der Waals surface area contributed by atoms with Gasteiger partial charge in [0.25, 0.3) is 5.91 Å². The SMILES string of the molecule is COc1ccc(CCCNC(=O)c2ccc(Cl)cc2Cl)cc1. The maximum atomic E-state index is 12.0. The average molecular weight is 338 g/mol. The zero-order chi connectivity index (χ0) is 15.9. The molecule has 116 valence electrons. The molecule has 0 aromatic heterocycles. The van der Waals surface area contributed by atoms with Gasteiger partial charge < -0.3 is 10.1 Å². The Labute approximate surface area is 140 Å². The van der Waals surface area contributed by atoms with E-state index in [0.29, 0.717) is 22.2 Å². The molecule has 2 rings (SSSR count). The molecule has 0 saturated heterocycles. The number of carbonyl (C=O) groups is 1. The van der Waals surface area contributed by atoms with Crippen molar-refractivity contribution >= 4 is 29.1 Å². The molecule has 0 aliphatic heterocycles. The van der Waals surface area contributed by atoms with Crippen LogP contribution in [0.3, 0.4) is 0 Å². The van der Waals surface area contributed by atoms with Crippen LogP contribution >= 0.6 is 23.2 Å². The minimum atomic E-state index is -0.184. The molecule has 0 aliphatic rings. The van der Waals surface area contributed by atoms with Gasteiger partial charge in [0.15, 0.2) is 0 Å². The lowest BCUT2D eigenvalue weighted by atomic mass is 10.1. The predicted octanol–water partition coefficient (Wildman–Crippen LogP) is 4.36. The quantitative estimate of drug-likeness (QED) is 0.795. The van der Waals surface area contributed by atoms with Crippen molar-refractivity contribution < 1.29 is 9.53 Å². The maximum Gasteiger partial charge on any atom is 0.252 e. The number of nitrogens with one attached hydrogen (secondary N) is 1. The molecule has 0 atom stereocenters. The molecule has 0 heterocycles. The van der Waals surface area contributed by atoms with Crippen LogP contribution in [0, 0.1) is 0 Å². The number of ether oxygens (including phenoxy) is 1. The van der Waals surface area contributed by atoms with Gasteiger partial charge >= 0.3 is 0 Å². The molecular weight excluding hydrogens is 321 g/mol. The van der Waals surface area contributed by atoms with Crippen molar-refractivity contribution in [1.82, 2.24) is 5.32 Å². The number of aryl methyl sites for hydroxylation is 1. The van der Waals surface area contributed by atoms with E-state index in [2.05, 4.69) is 5.32 Å². The summed E-state index contributed by atoms with van der Waals surface area (Å²) < 4.78 is 5.12. The molecule has 1 amide bonds. The fraction of sp³-hybridized carbons (Fsp3) is 0.235.